The van der Waals surface area contributed by atoms with Crippen LogP contribution in [0.1, 0.15) is 0 Å². The quantitative estimate of drug-likeness (QED) is 0.646. The fourth-order valence-corrected chi connectivity index (χ4v) is 1.39. The minimum atomic E-state index is -11.4. The summed E-state index contributed by atoms with van der Waals surface area (Å²) in [6.45, 7) is 0. The van der Waals surface area contributed by atoms with Crippen LogP contribution >= 0.6 is 10.4 Å². The lowest BCUT2D eigenvalue weighted by atomic mass is 9.98. The molecule has 0 aliphatic heterocycles. The van der Waals surface area contributed by atoms with Crippen LogP contribution < -0.4 is 4.72 Å². The second-order valence-electron chi connectivity index (χ2n) is 4.00. The fourth-order valence-electron chi connectivity index (χ4n) is 0.910. The highest BCUT2D eigenvalue weighted by molar-refractivity contribution is 8.44. The van der Waals surface area contributed by atoms with Crippen LogP contribution in [-0.2, 0) is 9.59 Å². The monoisotopic (exact) mass is 415 g/mol. The van der Waals surface area contributed by atoms with Crippen molar-refractivity contribution in [2.75, 3.05) is 0 Å². The Bertz CT molecular complexity index is 566. The predicted molar refractivity (Wildman–Crippen MR) is 48.7 cm³/mol. The number of carboxylic acid groups (broad SMARTS) is 1. The van der Waals surface area contributed by atoms with Gasteiger partial charge in [0.2, 0.25) is 0 Å². The number of carboxylic acids is 1. The lowest BCUT2D eigenvalue weighted by Crippen LogP contribution is -2.68. The van der Waals surface area contributed by atoms with Crippen molar-refractivity contribution < 1.29 is 69.2 Å². The lowest BCUT2D eigenvalue weighted by Gasteiger charge is -2.42. The molecule has 2 N–H and O–H groups in total. The summed E-state index contributed by atoms with van der Waals surface area (Å²) in [5.74, 6) is -38.9. The normalized spacial score (nSPS) is 17.7. The maximum Gasteiger partial charge on any atom is 0.410 e. The molecule has 0 aromatic rings. The molecule has 0 rings (SSSR count). The van der Waals surface area contributed by atoms with Crippen molar-refractivity contribution in [3.05, 3.63) is 0 Å². The average molecular weight is 415 g/mol. The van der Waals surface area contributed by atoms with Gasteiger partial charge in [-0.2, -0.15) is 35.1 Å². The van der Waals surface area contributed by atoms with E-state index in [9.17, 15) is 64.1 Å². The van der Waals surface area contributed by atoms with E-state index in [4.69, 9.17) is 5.11 Å². The third kappa shape index (κ3) is 3.89. The number of alkyl halides is 8. The van der Waals surface area contributed by atoms with E-state index >= 15 is 0 Å². The molecule has 0 fully saturated rings. The summed E-state index contributed by atoms with van der Waals surface area (Å²) in [7, 11) is -11.4. The maximum atomic E-state index is 12.8. The molecule has 18 heteroatoms. The van der Waals surface area contributed by atoms with Gasteiger partial charge in [0.05, 0.1) is 0 Å². The Kier molecular flexibility index (Phi) is 4.20. The van der Waals surface area contributed by atoms with Crippen LogP contribution in [0.15, 0.2) is 0 Å². The molecule has 146 valence electrons. The smallest absolute Gasteiger partial charge is 0.410 e. The number of amides is 1. The summed E-state index contributed by atoms with van der Waals surface area (Å²) in [4.78, 5) is 20.0. The van der Waals surface area contributed by atoms with E-state index in [1.54, 1.807) is 0 Å². The van der Waals surface area contributed by atoms with Gasteiger partial charge in [-0.05, 0) is 0 Å². The van der Waals surface area contributed by atoms with E-state index in [0.717, 1.165) is 0 Å². The molecule has 0 saturated heterocycles. The van der Waals surface area contributed by atoms with Crippen molar-refractivity contribution in [1.82, 2.24) is 4.72 Å². The first-order valence-corrected chi connectivity index (χ1v) is 6.57. The van der Waals surface area contributed by atoms with Crippen LogP contribution in [0.25, 0.3) is 0 Å². The third-order valence-corrected chi connectivity index (χ3v) is 2.59. The second-order valence-corrected chi connectivity index (χ2v) is 6.14. The van der Waals surface area contributed by atoms with E-state index in [2.05, 4.69) is 0 Å². The van der Waals surface area contributed by atoms with E-state index in [-0.39, 0.29) is 0 Å². The first kappa shape index (κ1) is 22.4. The van der Waals surface area contributed by atoms with Gasteiger partial charge < -0.3 is 5.11 Å². The number of halogens is 13. The van der Waals surface area contributed by atoms with Crippen molar-refractivity contribution in [1.29, 1.82) is 0 Å². The van der Waals surface area contributed by atoms with Crippen LogP contribution in [0.3, 0.4) is 0 Å². The molecule has 24 heavy (non-hydrogen) atoms. The molecule has 0 radical (unpaired) electrons. The third-order valence-electron chi connectivity index (χ3n) is 2.02. The zero-order chi connectivity index (χ0) is 20.3. The van der Waals surface area contributed by atoms with Crippen LogP contribution in [-0.4, -0.2) is 40.7 Å². The minimum Gasteiger partial charge on any atom is -0.477 e. The molecular formula is C6H2F13NO3S. The molecule has 1 amide bonds. The Morgan fingerprint density at radius 2 is 1.00 bits per heavy atom. The number of nitrogens with one attached hydrogen (secondary N) is 1. The Labute approximate surface area is 121 Å². The van der Waals surface area contributed by atoms with Gasteiger partial charge in [0.25, 0.3) is 0 Å². The zero-order valence-electron chi connectivity index (χ0n) is 10.1. The average Bonchev–Trinajstić information content (AvgIpc) is 2.23. The molecule has 0 spiro atoms. The van der Waals surface area contributed by atoms with Crippen LogP contribution in [0.2, 0.25) is 0 Å². The summed E-state index contributed by atoms with van der Waals surface area (Å²) in [6, 6.07) is 0. The Hall–Kier alpha value is -1.62. The van der Waals surface area contributed by atoms with E-state index in [1.165, 1.54) is 0 Å². The summed E-state index contributed by atoms with van der Waals surface area (Å²) in [5.41, 5.74) is 0. The van der Waals surface area contributed by atoms with Crippen molar-refractivity contribution >= 4 is 22.3 Å². The van der Waals surface area contributed by atoms with E-state index in [0.29, 0.717) is 0 Å². The molecule has 0 saturated carbocycles. The van der Waals surface area contributed by atoms with Gasteiger partial charge >= 0.3 is 46.0 Å². The molecule has 4 nitrogen and oxygen atoms in total. The maximum absolute atomic E-state index is 12.8. The fraction of sp³-hybridized carbons (Fsp3) is 0.667. The van der Waals surface area contributed by atoms with E-state index < -0.39 is 50.7 Å². The number of hydrogen-bond acceptors (Lipinski definition) is 2. The number of rotatable bonds is 6. The Morgan fingerprint density at radius 1 is 0.708 bits per heavy atom. The molecule has 0 unspecified atom stereocenters. The molecule has 0 atom stereocenters. The number of hydrogen-bond donors (Lipinski definition) is 2. The predicted octanol–water partition coefficient (Wildman–Crippen LogP) is 3.94. The topological polar surface area (TPSA) is 66.4 Å². The summed E-state index contributed by atoms with van der Waals surface area (Å²) in [6.07, 6.45) is 0. The number of carbonyl (C=O) groups excluding carboxylic acids is 1. The second kappa shape index (κ2) is 4.51. The van der Waals surface area contributed by atoms with Gasteiger partial charge in [0, 0.05) is 0 Å². The largest absolute Gasteiger partial charge is 0.477 e. The van der Waals surface area contributed by atoms with Crippen molar-refractivity contribution in [2.24, 2.45) is 0 Å². The van der Waals surface area contributed by atoms with Gasteiger partial charge in [0.15, 0.2) is 0 Å². The molecule has 0 aliphatic carbocycles. The van der Waals surface area contributed by atoms with Gasteiger partial charge in [-0.1, -0.05) is 19.4 Å². The van der Waals surface area contributed by atoms with Gasteiger partial charge in [-0.3, -0.25) is 4.79 Å². The van der Waals surface area contributed by atoms with Crippen LogP contribution in [0, 0.1) is 0 Å². The number of aliphatic carboxylic acids is 1. The zero-order valence-corrected chi connectivity index (χ0v) is 10.9. The SMILES string of the molecule is O=C(O)C(F)(F)C(F)(F)C(F)(F)C(F)(F)C(=O)NS(F)(F)(F)(F)F. The first-order valence-electron chi connectivity index (χ1n) is 4.62. The van der Waals surface area contributed by atoms with Gasteiger partial charge in [-0.25, -0.2) is 9.52 Å². The highest BCUT2D eigenvalue weighted by Gasteiger charge is 2.86. The van der Waals surface area contributed by atoms with Gasteiger partial charge in [0.1, 0.15) is 0 Å². The Balaban J connectivity index is 6.12. The lowest BCUT2D eigenvalue weighted by molar-refractivity contribution is -0.350. The molecular weight excluding hydrogens is 413 g/mol. The first-order chi connectivity index (χ1) is 9.80. The number of carbonyl (C=O) groups is 2. The summed E-state index contributed by atoms with van der Waals surface area (Å²) >= 11 is 0. The molecule has 0 aromatic heterocycles. The van der Waals surface area contributed by atoms with Crippen LogP contribution in [0.5, 0.6) is 0 Å². The molecule has 0 aliphatic rings. The van der Waals surface area contributed by atoms with Crippen LogP contribution in [0.4, 0.5) is 54.6 Å². The van der Waals surface area contributed by atoms with E-state index in [1.807, 2.05) is 0 Å². The van der Waals surface area contributed by atoms with Gasteiger partial charge in [-0.15, -0.1) is 0 Å². The standard InChI is InChI=1S/C6H2F13NO3S/c7-3(8,1(21)20-24(15,16,17,18)19)5(11,12)6(13,14)4(9,10)2(22)23/h(H,20,21)(H,22,23). The highest BCUT2D eigenvalue weighted by Crippen LogP contribution is 2.94. The Morgan fingerprint density at radius 3 is 1.25 bits per heavy atom. The summed E-state index contributed by atoms with van der Waals surface area (Å²) < 4.78 is 158. The minimum absolute atomic E-state index is 1.84. The molecule has 0 aromatic carbocycles. The molecule has 0 bridgehead atoms. The highest BCUT2D eigenvalue weighted by atomic mass is 32.5. The van der Waals surface area contributed by atoms with Crippen molar-refractivity contribution in [3.63, 3.8) is 0 Å². The summed E-state index contributed by atoms with van der Waals surface area (Å²) in [5, 5.41) is 7.61. The molecule has 0 heterocycles. The van der Waals surface area contributed by atoms with Crippen molar-refractivity contribution in [2.45, 2.75) is 23.7 Å². The van der Waals surface area contributed by atoms with Crippen molar-refractivity contribution in [3.8, 4) is 0 Å².